The molecule has 0 saturated heterocycles. The maximum Gasteiger partial charge on any atom is 0.253 e. The standard InChI is InChI=1S/C49H46BN3/c1-32(2)35-30-41(33(3)4)45(42(31-35)34(5)6)50-46-39-26-16-18-28-43(39)51(36-20-10-7-11-21-36)48(46)53(38-24-14-9-15-25-38)49-47(50)40-27-17-19-29-44(40)52(49)37-22-12-8-13-23-37/h7-34H,1-6H3. The number of anilines is 3. The molecule has 2 aromatic heterocycles. The number of hydrogen-bond donors (Lipinski definition) is 0. The third-order valence-electron chi connectivity index (χ3n) is 11.3. The van der Waals surface area contributed by atoms with Crippen molar-refractivity contribution < 1.29 is 0 Å². The summed E-state index contributed by atoms with van der Waals surface area (Å²) in [6.07, 6.45) is 0. The lowest BCUT2D eigenvalue weighted by molar-refractivity contribution is 0.812. The molecule has 0 atom stereocenters. The van der Waals surface area contributed by atoms with Gasteiger partial charge in [-0.15, -0.1) is 0 Å². The summed E-state index contributed by atoms with van der Waals surface area (Å²) in [5.41, 5.74) is 14.4. The van der Waals surface area contributed by atoms with Gasteiger partial charge in [-0.25, -0.2) is 0 Å². The highest BCUT2D eigenvalue weighted by molar-refractivity contribution is 7.01. The zero-order valence-corrected chi connectivity index (χ0v) is 31.6. The molecule has 0 unspecified atom stereocenters. The first-order valence-electron chi connectivity index (χ1n) is 19.3. The maximum absolute atomic E-state index is 2.56. The van der Waals surface area contributed by atoms with E-state index in [0.717, 1.165) is 17.1 Å². The topological polar surface area (TPSA) is 13.1 Å². The monoisotopic (exact) mass is 687 g/mol. The number of aromatic nitrogens is 2. The molecule has 0 fully saturated rings. The van der Waals surface area contributed by atoms with E-state index in [4.69, 9.17) is 0 Å². The third-order valence-corrected chi connectivity index (χ3v) is 11.3. The van der Waals surface area contributed by atoms with Gasteiger partial charge in [0, 0.05) is 17.1 Å². The lowest BCUT2D eigenvalue weighted by Gasteiger charge is -2.37. The van der Waals surface area contributed by atoms with Crippen LogP contribution in [0.4, 0.5) is 17.3 Å². The summed E-state index contributed by atoms with van der Waals surface area (Å²) in [6.45, 7) is 14.2. The Morgan fingerprint density at radius 3 is 1.17 bits per heavy atom. The van der Waals surface area contributed by atoms with E-state index in [0.29, 0.717) is 17.8 Å². The molecule has 0 bridgehead atoms. The summed E-state index contributed by atoms with van der Waals surface area (Å²) in [6, 6.07) is 56.1. The maximum atomic E-state index is 2.56. The molecule has 9 rings (SSSR count). The van der Waals surface area contributed by atoms with E-state index in [9.17, 15) is 0 Å². The minimum Gasteiger partial charge on any atom is -0.296 e. The SMILES string of the molecule is CC(C)c1cc(C(C)C)c(B2c3c(n(-c4ccccc4)c4ccccc34)N(c3ccccc3)c3c2c2ccccc2n3-c2ccccc2)c(C(C)C)c1. The summed E-state index contributed by atoms with van der Waals surface area (Å²) in [5, 5.41) is 2.58. The zero-order chi connectivity index (χ0) is 36.4. The van der Waals surface area contributed by atoms with E-state index in [-0.39, 0.29) is 6.71 Å². The highest BCUT2D eigenvalue weighted by Gasteiger charge is 2.45. The van der Waals surface area contributed by atoms with Gasteiger partial charge in [0.1, 0.15) is 11.6 Å². The molecule has 0 N–H and O–H groups in total. The summed E-state index contributed by atoms with van der Waals surface area (Å²) in [7, 11) is 0. The van der Waals surface area contributed by atoms with Gasteiger partial charge in [-0.05, 0) is 105 Å². The van der Waals surface area contributed by atoms with E-state index in [1.54, 1.807) is 0 Å². The smallest absolute Gasteiger partial charge is 0.253 e. The number of benzene rings is 6. The van der Waals surface area contributed by atoms with Gasteiger partial charge in [-0.1, -0.05) is 150 Å². The normalized spacial score (nSPS) is 12.8. The molecule has 260 valence electrons. The fourth-order valence-corrected chi connectivity index (χ4v) is 8.89. The molecule has 0 aliphatic carbocycles. The predicted molar refractivity (Wildman–Crippen MR) is 228 cm³/mol. The number of rotatable bonds is 7. The van der Waals surface area contributed by atoms with Gasteiger partial charge >= 0.3 is 0 Å². The zero-order valence-electron chi connectivity index (χ0n) is 31.6. The predicted octanol–water partition coefficient (Wildman–Crippen LogP) is 11.2. The van der Waals surface area contributed by atoms with Crippen molar-refractivity contribution in [2.45, 2.75) is 59.3 Å². The molecule has 0 radical (unpaired) electrons. The molecule has 1 aliphatic rings. The first-order chi connectivity index (χ1) is 25.8. The molecule has 0 amide bonds. The summed E-state index contributed by atoms with van der Waals surface area (Å²) in [5.74, 6) is 3.50. The van der Waals surface area contributed by atoms with E-state index in [1.165, 1.54) is 66.5 Å². The van der Waals surface area contributed by atoms with Crippen LogP contribution in [0.25, 0.3) is 33.2 Å². The Balaban J connectivity index is 1.56. The first kappa shape index (κ1) is 33.1. The largest absolute Gasteiger partial charge is 0.296 e. The van der Waals surface area contributed by atoms with Gasteiger partial charge in [-0.3, -0.25) is 14.0 Å². The molecule has 53 heavy (non-hydrogen) atoms. The van der Waals surface area contributed by atoms with Crippen LogP contribution in [-0.4, -0.2) is 15.8 Å². The van der Waals surface area contributed by atoms with Gasteiger partial charge in [0.2, 0.25) is 0 Å². The molecule has 1 aliphatic heterocycles. The number of fused-ring (bicyclic) bond motifs is 6. The molecule has 0 spiro atoms. The minimum absolute atomic E-state index is 0.0271. The highest BCUT2D eigenvalue weighted by atomic mass is 15.3. The second-order valence-corrected chi connectivity index (χ2v) is 15.5. The number of para-hydroxylation sites is 5. The van der Waals surface area contributed by atoms with Crippen molar-refractivity contribution in [1.29, 1.82) is 0 Å². The Kier molecular flexibility index (Phi) is 8.15. The third kappa shape index (κ3) is 5.18. The second-order valence-electron chi connectivity index (χ2n) is 15.5. The second kappa shape index (κ2) is 13.0. The van der Waals surface area contributed by atoms with Crippen LogP contribution in [0.2, 0.25) is 0 Å². The first-order valence-corrected chi connectivity index (χ1v) is 19.3. The van der Waals surface area contributed by atoms with Gasteiger partial charge in [0.25, 0.3) is 6.71 Å². The van der Waals surface area contributed by atoms with Gasteiger partial charge < -0.3 is 0 Å². The minimum atomic E-state index is -0.0271. The van der Waals surface area contributed by atoms with Crippen molar-refractivity contribution in [1.82, 2.24) is 9.13 Å². The van der Waals surface area contributed by atoms with Crippen molar-refractivity contribution in [3.63, 3.8) is 0 Å². The molecular weight excluding hydrogens is 641 g/mol. The molecular formula is C49H46BN3. The van der Waals surface area contributed by atoms with Crippen molar-refractivity contribution in [3.05, 3.63) is 168 Å². The molecule has 3 nitrogen and oxygen atoms in total. The average Bonchev–Trinajstić information content (AvgIpc) is 3.71. The molecule has 8 aromatic rings. The van der Waals surface area contributed by atoms with E-state index >= 15 is 0 Å². The van der Waals surface area contributed by atoms with Crippen LogP contribution >= 0.6 is 0 Å². The Morgan fingerprint density at radius 2 is 0.774 bits per heavy atom. The van der Waals surface area contributed by atoms with Crippen LogP contribution < -0.4 is 21.3 Å². The van der Waals surface area contributed by atoms with Gasteiger partial charge in [0.05, 0.1) is 11.0 Å². The van der Waals surface area contributed by atoms with Gasteiger partial charge in [0.15, 0.2) is 0 Å². The van der Waals surface area contributed by atoms with Crippen molar-refractivity contribution in [3.8, 4) is 11.4 Å². The highest BCUT2D eigenvalue weighted by Crippen LogP contribution is 2.45. The van der Waals surface area contributed by atoms with E-state index < -0.39 is 0 Å². The van der Waals surface area contributed by atoms with Crippen molar-refractivity contribution in [2.75, 3.05) is 4.90 Å². The van der Waals surface area contributed by atoms with Crippen LogP contribution in [0.1, 0.15) is 76.0 Å². The lowest BCUT2D eigenvalue weighted by Crippen LogP contribution is -2.59. The van der Waals surface area contributed by atoms with Crippen molar-refractivity contribution in [2.24, 2.45) is 0 Å². The molecule has 6 aromatic carbocycles. The van der Waals surface area contributed by atoms with Crippen LogP contribution in [0.3, 0.4) is 0 Å². The molecule has 4 heteroatoms. The fraction of sp³-hybridized carbons (Fsp3) is 0.184. The Morgan fingerprint density at radius 1 is 0.396 bits per heavy atom. The Bertz CT molecular complexity index is 2440. The Labute approximate surface area is 314 Å². The quantitative estimate of drug-likeness (QED) is 0.152. The number of hydrogen-bond acceptors (Lipinski definition) is 1. The Hall–Kier alpha value is -5.74. The van der Waals surface area contributed by atoms with Crippen molar-refractivity contribution >= 4 is 62.2 Å². The fourth-order valence-electron chi connectivity index (χ4n) is 8.89. The lowest BCUT2D eigenvalue weighted by atomic mass is 9.33. The van der Waals surface area contributed by atoms with Gasteiger partial charge in [-0.2, -0.15) is 0 Å². The molecule has 3 heterocycles. The summed E-state index contributed by atoms with van der Waals surface area (Å²) >= 11 is 0. The number of nitrogens with zero attached hydrogens (tertiary/aromatic N) is 3. The van der Waals surface area contributed by atoms with E-state index in [2.05, 4.69) is 207 Å². The van der Waals surface area contributed by atoms with Crippen LogP contribution in [0.5, 0.6) is 0 Å². The molecule has 0 saturated carbocycles. The summed E-state index contributed by atoms with van der Waals surface area (Å²) in [4.78, 5) is 2.56. The van der Waals surface area contributed by atoms with Crippen LogP contribution in [0, 0.1) is 0 Å². The van der Waals surface area contributed by atoms with Crippen LogP contribution in [-0.2, 0) is 0 Å². The summed E-state index contributed by atoms with van der Waals surface area (Å²) < 4.78 is 5.04. The van der Waals surface area contributed by atoms with E-state index in [1.807, 2.05) is 0 Å². The average molecular weight is 688 g/mol. The van der Waals surface area contributed by atoms with Crippen LogP contribution in [0.15, 0.2) is 152 Å².